The molecule has 1 aromatic heterocycles. The van der Waals surface area contributed by atoms with Gasteiger partial charge in [-0.1, -0.05) is 69.9 Å². The Morgan fingerprint density at radius 3 is 2.59 bits per heavy atom. The van der Waals surface area contributed by atoms with E-state index in [1.54, 1.807) is 6.20 Å². The van der Waals surface area contributed by atoms with Crippen molar-refractivity contribution in [3.8, 4) is 0 Å². The van der Waals surface area contributed by atoms with Crippen molar-refractivity contribution < 1.29 is 4.79 Å². The van der Waals surface area contributed by atoms with Gasteiger partial charge >= 0.3 is 0 Å². The Labute approximate surface area is 206 Å². The summed E-state index contributed by atoms with van der Waals surface area (Å²) in [6, 6.07) is 10.0. The van der Waals surface area contributed by atoms with E-state index in [0.717, 1.165) is 41.7 Å². The second kappa shape index (κ2) is 12.4. The summed E-state index contributed by atoms with van der Waals surface area (Å²) in [5, 5.41) is 6.99. The molecule has 1 atom stereocenters. The lowest BCUT2D eigenvalue weighted by molar-refractivity contribution is 0.0782. The number of nitrogens with one attached hydrogen (secondary N) is 1. The van der Waals surface area contributed by atoms with Crippen LogP contribution in [-0.4, -0.2) is 34.6 Å². The molecule has 0 spiro atoms. The standard InChI is InChI=1S/C30H41N3O/c1-9-25(14-13-24(5)28-15-17-31-32-28)19-23(4)20-26-11-10-12-27(21-26)29(34)33(8)18-16-30(6,7)22(2)3/h9-15,17,21,23H,1-2,16,18-20H2,3-8H3,(H,31,32)/b24-13+,25-14+. The molecule has 4 heteroatoms. The first-order valence-corrected chi connectivity index (χ1v) is 12.0. The van der Waals surface area contributed by atoms with E-state index >= 15 is 0 Å². The minimum absolute atomic E-state index is 0.0221. The first kappa shape index (κ1) is 27.1. The summed E-state index contributed by atoms with van der Waals surface area (Å²) in [5.41, 5.74) is 6.44. The predicted octanol–water partition coefficient (Wildman–Crippen LogP) is 7.26. The van der Waals surface area contributed by atoms with Crippen LogP contribution in [0.2, 0.25) is 0 Å². The van der Waals surface area contributed by atoms with Crippen LogP contribution in [0, 0.1) is 11.3 Å². The molecule has 1 aromatic carbocycles. The molecule has 0 fully saturated rings. The Hall–Kier alpha value is -3.14. The van der Waals surface area contributed by atoms with Crippen molar-refractivity contribution in [2.45, 2.75) is 53.9 Å². The van der Waals surface area contributed by atoms with Crippen LogP contribution in [0.15, 0.2) is 79.1 Å². The molecule has 1 unspecified atom stereocenters. The number of aromatic nitrogens is 2. The number of hydrogen-bond acceptors (Lipinski definition) is 2. The zero-order valence-corrected chi connectivity index (χ0v) is 21.8. The first-order chi connectivity index (χ1) is 16.0. The van der Waals surface area contributed by atoms with E-state index in [-0.39, 0.29) is 11.3 Å². The third-order valence-electron chi connectivity index (χ3n) is 6.65. The quantitative estimate of drug-likeness (QED) is 0.268. The van der Waals surface area contributed by atoms with E-state index in [9.17, 15) is 4.79 Å². The van der Waals surface area contributed by atoms with Crippen molar-refractivity contribution in [3.05, 3.63) is 95.9 Å². The normalized spacial score (nSPS) is 13.5. The van der Waals surface area contributed by atoms with E-state index in [4.69, 9.17) is 0 Å². The van der Waals surface area contributed by atoms with E-state index in [2.05, 4.69) is 76.2 Å². The average molecular weight is 460 g/mol. The molecule has 0 bridgehead atoms. The summed E-state index contributed by atoms with van der Waals surface area (Å²) in [7, 11) is 1.88. The third-order valence-corrected chi connectivity index (χ3v) is 6.65. The molecule has 0 aliphatic rings. The van der Waals surface area contributed by atoms with Gasteiger partial charge in [0.2, 0.25) is 0 Å². The fraction of sp³-hybridized carbons (Fsp3) is 0.400. The highest BCUT2D eigenvalue weighted by Gasteiger charge is 2.21. The van der Waals surface area contributed by atoms with Crippen LogP contribution < -0.4 is 0 Å². The second-order valence-corrected chi connectivity index (χ2v) is 10.1. The summed E-state index contributed by atoms with van der Waals surface area (Å²) in [6.45, 7) is 19.5. The number of hydrogen-bond donors (Lipinski definition) is 1. The van der Waals surface area contributed by atoms with Crippen molar-refractivity contribution in [1.29, 1.82) is 0 Å². The number of benzene rings is 1. The Bertz CT molecular complexity index is 1040. The molecule has 4 nitrogen and oxygen atoms in total. The fourth-order valence-corrected chi connectivity index (χ4v) is 3.71. The lowest BCUT2D eigenvalue weighted by atomic mass is 9.82. The maximum Gasteiger partial charge on any atom is 0.253 e. The Morgan fingerprint density at radius 1 is 1.24 bits per heavy atom. The molecule has 1 N–H and O–H groups in total. The second-order valence-electron chi connectivity index (χ2n) is 10.1. The van der Waals surface area contributed by atoms with Gasteiger partial charge in [-0.15, -0.1) is 0 Å². The van der Waals surface area contributed by atoms with Gasteiger partial charge in [0.1, 0.15) is 0 Å². The minimum atomic E-state index is 0.0221. The lowest BCUT2D eigenvalue weighted by Gasteiger charge is -2.28. The molecule has 0 aliphatic carbocycles. The lowest BCUT2D eigenvalue weighted by Crippen LogP contribution is -2.31. The number of rotatable bonds is 12. The molecule has 2 rings (SSSR count). The minimum Gasteiger partial charge on any atom is -0.342 e. The molecule has 0 aliphatic heterocycles. The van der Waals surface area contributed by atoms with Crippen LogP contribution in [-0.2, 0) is 6.42 Å². The highest BCUT2D eigenvalue weighted by atomic mass is 16.2. The number of nitrogens with zero attached hydrogens (tertiary/aromatic N) is 2. The largest absolute Gasteiger partial charge is 0.342 e. The SMILES string of the molecule is C=C/C(=C\C=C(/C)c1ccn[nH]1)CC(C)Cc1cccc(C(=O)N(C)CCC(C)(C)C(=C)C)c1. The van der Waals surface area contributed by atoms with Gasteiger partial charge in [0.05, 0.1) is 5.69 Å². The van der Waals surface area contributed by atoms with Gasteiger partial charge in [-0.25, -0.2) is 0 Å². The van der Waals surface area contributed by atoms with Crippen LogP contribution in [0.5, 0.6) is 0 Å². The van der Waals surface area contributed by atoms with Crippen LogP contribution in [0.4, 0.5) is 0 Å². The van der Waals surface area contributed by atoms with Crippen molar-refractivity contribution in [2.24, 2.45) is 11.3 Å². The van der Waals surface area contributed by atoms with Gasteiger partial charge in [-0.3, -0.25) is 9.89 Å². The van der Waals surface area contributed by atoms with Crippen LogP contribution in [0.3, 0.4) is 0 Å². The number of amides is 1. The maximum atomic E-state index is 13.0. The molecule has 0 saturated heterocycles. The van der Waals surface area contributed by atoms with E-state index < -0.39 is 0 Å². The third kappa shape index (κ3) is 8.02. The number of aromatic amines is 1. The molecule has 34 heavy (non-hydrogen) atoms. The molecule has 0 saturated carbocycles. The highest BCUT2D eigenvalue weighted by Crippen LogP contribution is 2.28. The Balaban J connectivity index is 2.00. The maximum absolute atomic E-state index is 13.0. The van der Waals surface area contributed by atoms with Crippen LogP contribution in [0.25, 0.3) is 5.57 Å². The van der Waals surface area contributed by atoms with Gasteiger partial charge in [-0.2, -0.15) is 5.10 Å². The number of carbonyl (C=O) groups is 1. The summed E-state index contributed by atoms with van der Waals surface area (Å²) in [6.07, 6.45) is 10.6. The van der Waals surface area contributed by atoms with E-state index in [1.807, 2.05) is 42.3 Å². The summed E-state index contributed by atoms with van der Waals surface area (Å²) < 4.78 is 0. The van der Waals surface area contributed by atoms with Crippen LogP contribution in [0.1, 0.15) is 69.1 Å². The monoisotopic (exact) mass is 459 g/mol. The predicted molar refractivity (Wildman–Crippen MR) is 145 cm³/mol. The molecule has 0 radical (unpaired) electrons. The molecular weight excluding hydrogens is 418 g/mol. The van der Waals surface area contributed by atoms with E-state index in [0.29, 0.717) is 12.5 Å². The number of allylic oxidation sites excluding steroid dienone is 6. The molecule has 1 heterocycles. The van der Waals surface area contributed by atoms with Gasteiger partial charge in [-0.05, 0) is 79.4 Å². The number of carbonyl (C=O) groups excluding carboxylic acids is 1. The van der Waals surface area contributed by atoms with Crippen molar-refractivity contribution in [3.63, 3.8) is 0 Å². The zero-order valence-electron chi connectivity index (χ0n) is 21.8. The van der Waals surface area contributed by atoms with Crippen LogP contribution >= 0.6 is 0 Å². The molecule has 2 aromatic rings. The molecular formula is C30H41N3O. The van der Waals surface area contributed by atoms with Crippen molar-refractivity contribution in [2.75, 3.05) is 13.6 Å². The van der Waals surface area contributed by atoms with Crippen molar-refractivity contribution in [1.82, 2.24) is 15.1 Å². The zero-order chi connectivity index (χ0) is 25.3. The van der Waals surface area contributed by atoms with Gasteiger partial charge < -0.3 is 4.90 Å². The Morgan fingerprint density at radius 2 is 1.97 bits per heavy atom. The topological polar surface area (TPSA) is 49.0 Å². The summed E-state index contributed by atoms with van der Waals surface area (Å²) in [4.78, 5) is 14.8. The average Bonchev–Trinajstić information content (AvgIpc) is 3.34. The smallest absolute Gasteiger partial charge is 0.253 e. The van der Waals surface area contributed by atoms with Gasteiger partial charge in [0, 0.05) is 25.4 Å². The molecule has 1 amide bonds. The van der Waals surface area contributed by atoms with Gasteiger partial charge in [0.25, 0.3) is 5.91 Å². The highest BCUT2D eigenvalue weighted by molar-refractivity contribution is 5.94. The summed E-state index contributed by atoms with van der Waals surface area (Å²) in [5.74, 6) is 0.489. The Kier molecular flexibility index (Phi) is 9.85. The first-order valence-electron chi connectivity index (χ1n) is 12.0. The van der Waals surface area contributed by atoms with Gasteiger partial charge in [0.15, 0.2) is 0 Å². The molecule has 182 valence electrons. The van der Waals surface area contributed by atoms with E-state index in [1.165, 1.54) is 11.1 Å². The number of H-pyrrole nitrogens is 1. The van der Waals surface area contributed by atoms with Crippen molar-refractivity contribution >= 4 is 11.5 Å². The fourth-order valence-electron chi connectivity index (χ4n) is 3.71. The summed E-state index contributed by atoms with van der Waals surface area (Å²) >= 11 is 0.